The number of aromatic nitrogens is 4. The Morgan fingerprint density at radius 1 is 0.712 bits per heavy atom. The topological polar surface area (TPSA) is 163 Å². The van der Waals surface area contributed by atoms with Crippen LogP contribution in [0.4, 0.5) is 9.59 Å². The Hall–Kier alpha value is -2.41. The molecule has 298 valence electrons. The zero-order chi connectivity index (χ0) is 40.0. The fourth-order valence-corrected chi connectivity index (χ4v) is 10.2. The summed E-state index contributed by atoms with van der Waals surface area (Å²) in [6, 6.07) is 0. The molecule has 17 heteroatoms. The van der Waals surface area contributed by atoms with Crippen LogP contribution in [0, 0.1) is 25.7 Å². The number of nitrogens with zero attached hydrogens (tertiary/aromatic N) is 6. The van der Waals surface area contributed by atoms with Crippen LogP contribution in [0.25, 0.3) is 0 Å². The number of carbonyl (C=O) groups is 2. The predicted molar refractivity (Wildman–Crippen MR) is 210 cm³/mol. The molecule has 0 atom stereocenters. The van der Waals surface area contributed by atoms with Gasteiger partial charge in [-0.2, -0.15) is 10.2 Å². The van der Waals surface area contributed by atoms with Crippen molar-refractivity contribution in [2.75, 3.05) is 36.9 Å². The van der Waals surface area contributed by atoms with Crippen LogP contribution in [0.3, 0.4) is 0 Å². The van der Waals surface area contributed by atoms with Gasteiger partial charge in [-0.1, -0.05) is 22.6 Å². The van der Waals surface area contributed by atoms with Gasteiger partial charge in [-0.05, 0) is 112 Å². The van der Waals surface area contributed by atoms with E-state index in [1.54, 1.807) is 64.0 Å². The second-order valence-electron chi connectivity index (χ2n) is 16.0. The molecule has 0 bridgehead atoms. The third kappa shape index (κ3) is 12.3. The fraction of sp³-hybridized carbons (Fsp3) is 0.771. The Morgan fingerprint density at radius 2 is 1.08 bits per heavy atom. The highest BCUT2D eigenvalue weighted by molar-refractivity contribution is 14.1. The van der Waals surface area contributed by atoms with E-state index in [0.29, 0.717) is 73.0 Å². The average molecular weight is 885 g/mol. The van der Waals surface area contributed by atoms with Crippen LogP contribution >= 0.6 is 22.6 Å². The number of likely N-dealkylation sites (tertiary alicyclic amines) is 2. The normalized spacial score (nSPS) is 16.7. The molecule has 2 aromatic heterocycles. The number of alkyl halides is 1. The highest BCUT2D eigenvalue weighted by Crippen LogP contribution is 2.39. The zero-order valence-electron chi connectivity index (χ0n) is 33.3. The summed E-state index contributed by atoms with van der Waals surface area (Å²) >= 11 is 2.15. The van der Waals surface area contributed by atoms with Crippen molar-refractivity contribution in [3.8, 4) is 0 Å². The van der Waals surface area contributed by atoms with E-state index in [0.717, 1.165) is 0 Å². The lowest BCUT2D eigenvalue weighted by molar-refractivity contribution is 0.0167. The number of halogens is 1. The molecule has 0 unspecified atom stereocenters. The van der Waals surface area contributed by atoms with Crippen LogP contribution in [-0.2, 0) is 43.2 Å². The number of hydrogen-bond donors (Lipinski definition) is 0. The smallest absolute Gasteiger partial charge is 0.410 e. The molecule has 2 aliphatic heterocycles. The first-order valence-electron chi connectivity index (χ1n) is 17.5. The Balaban J connectivity index is 0.000000345. The van der Waals surface area contributed by atoms with Gasteiger partial charge in [-0.15, -0.1) is 0 Å². The molecule has 2 aliphatic rings. The molecule has 0 N–H and O–H groups in total. The number of amides is 2. The minimum Gasteiger partial charge on any atom is -0.444 e. The third-order valence-corrected chi connectivity index (χ3v) is 13.8. The highest BCUT2D eigenvalue weighted by atomic mass is 127. The lowest BCUT2D eigenvalue weighted by atomic mass is 9.86. The summed E-state index contributed by atoms with van der Waals surface area (Å²) in [5.41, 5.74) is -0.000749. The van der Waals surface area contributed by atoms with Crippen LogP contribution in [0.2, 0.25) is 0 Å². The predicted octanol–water partition coefficient (Wildman–Crippen LogP) is 6.13. The standard InChI is InChI=1S/C18H31N3O4S.C16H27N3O4S.CH3I/c1-13-15(12-20(7)19-13)26(23,24)18(5,6)14-8-10-21(11-9-14)16(22)25-17(2,3)4;1-12-14(10-18(5)17-12)24(21,22)11-13-6-8-19(9-7-13)15(20)23-16(2,3)4;1-2/h12,14H,8-11H2,1-7H3;10,13H,6-9,11H2,1-5H3;1H3. The molecule has 2 amide bonds. The van der Waals surface area contributed by atoms with Crippen molar-refractivity contribution in [3.05, 3.63) is 23.8 Å². The number of aryl methyl sites for hydroxylation is 4. The molecule has 14 nitrogen and oxygen atoms in total. The van der Waals surface area contributed by atoms with E-state index in [1.807, 2.05) is 46.5 Å². The Kier molecular flexibility index (Phi) is 15.7. The average Bonchev–Trinajstić information content (AvgIpc) is 3.56. The van der Waals surface area contributed by atoms with Gasteiger partial charge in [0.15, 0.2) is 19.7 Å². The summed E-state index contributed by atoms with van der Waals surface area (Å²) in [4.78, 5) is 30.1. The first-order valence-corrected chi connectivity index (χ1v) is 22.8. The van der Waals surface area contributed by atoms with E-state index in [4.69, 9.17) is 9.47 Å². The molecule has 2 fully saturated rings. The maximum absolute atomic E-state index is 13.2. The molecule has 2 aromatic rings. The SMILES string of the molecule is CI.Cc1nn(C)cc1S(=O)(=O)C(C)(C)C1CCN(C(=O)OC(C)(C)C)CC1.Cc1nn(C)cc1S(=O)(=O)CC1CCN(C(=O)OC(C)(C)C)CC1. The molecule has 0 aliphatic carbocycles. The highest BCUT2D eigenvalue weighted by Gasteiger charge is 2.45. The minimum absolute atomic E-state index is 0.0363. The van der Waals surface area contributed by atoms with E-state index in [9.17, 15) is 26.4 Å². The van der Waals surface area contributed by atoms with Gasteiger partial charge in [-0.3, -0.25) is 9.36 Å². The summed E-state index contributed by atoms with van der Waals surface area (Å²) in [5.74, 6) is 0.112. The van der Waals surface area contributed by atoms with Gasteiger partial charge < -0.3 is 19.3 Å². The Morgan fingerprint density at radius 3 is 1.42 bits per heavy atom. The molecule has 0 aromatic carbocycles. The van der Waals surface area contributed by atoms with Crippen molar-refractivity contribution >= 4 is 54.5 Å². The lowest BCUT2D eigenvalue weighted by Gasteiger charge is -2.40. The van der Waals surface area contributed by atoms with Crippen molar-refractivity contribution in [1.29, 1.82) is 0 Å². The van der Waals surface area contributed by atoms with Crippen molar-refractivity contribution in [1.82, 2.24) is 29.4 Å². The third-order valence-electron chi connectivity index (χ3n) is 9.11. The quantitative estimate of drug-likeness (QED) is 0.244. The fourth-order valence-electron chi connectivity index (χ4n) is 6.32. The summed E-state index contributed by atoms with van der Waals surface area (Å²) in [5, 5.41) is 8.28. The maximum atomic E-state index is 13.2. The summed E-state index contributed by atoms with van der Waals surface area (Å²) in [6.07, 6.45) is 5.06. The molecule has 4 heterocycles. The molecule has 0 spiro atoms. The number of carbonyl (C=O) groups excluding carboxylic acids is 2. The monoisotopic (exact) mass is 884 g/mol. The Bertz CT molecular complexity index is 1720. The number of rotatable bonds is 6. The second-order valence-corrected chi connectivity index (χ2v) is 20.5. The summed E-state index contributed by atoms with van der Waals surface area (Å²) in [7, 11) is -3.45. The number of sulfone groups is 2. The first-order chi connectivity index (χ1) is 23.7. The first kappa shape index (κ1) is 45.7. The molecule has 0 saturated carbocycles. The van der Waals surface area contributed by atoms with E-state index >= 15 is 0 Å². The van der Waals surface area contributed by atoms with Gasteiger partial charge in [0, 0.05) is 52.7 Å². The minimum atomic E-state index is -3.53. The van der Waals surface area contributed by atoms with Gasteiger partial charge in [0.25, 0.3) is 0 Å². The second kappa shape index (κ2) is 17.8. The van der Waals surface area contributed by atoms with Gasteiger partial charge in [-0.25, -0.2) is 26.4 Å². The van der Waals surface area contributed by atoms with Crippen LogP contribution in [0.15, 0.2) is 22.2 Å². The molecule has 0 radical (unpaired) electrons. The van der Waals surface area contributed by atoms with Crippen LogP contribution in [0.1, 0.15) is 92.5 Å². The Labute approximate surface area is 325 Å². The zero-order valence-corrected chi connectivity index (χ0v) is 37.1. The van der Waals surface area contributed by atoms with Crippen molar-refractivity contribution in [2.24, 2.45) is 25.9 Å². The van der Waals surface area contributed by atoms with E-state index in [-0.39, 0.29) is 29.8 Å². The maximum Gasteiger partial charge on any atom is 0.410 e. The van der Waals surface area contributed by atoms with Crippen molar-refractivity contribution in [2.45, 2.75) is 121 Å². The van der Waals surface area contributed by atoms with E-state index in [2.05, 4.69) is 32.8 Å². The number of piperidine rings is 2. The van der Waals surface area contributed by atoms with E-state index in [1.165, 1.54) is 9.36 Å². The molecular formula is C35H61IN6O8S2. The number of hydrogen-bond acceptors (Lipinski definition) is 10. The van der Waals surface area contributed by atoms with Crippen LogP contribution in [-0.4, -0.2) is 111 Å². The molecular weight excluding hydrogens is 823 g/mol. The van der Waals surface area contributed by atoms with E-state index < -0.39 is 35.6 Å². The van der Waals surface area contributed by atoms with Crippen LogP contribution < -0.4 is 0 Å². The van der Waals surface area contributed by atoms with Gasteiger partial charge in [0.1, 0.15) is 21.0 Å². The molecule has 52 heavy (non-hydrogen) atoms. The lowest BCUT2D eigenvalue weighted by Crippen LogP contribution is -2.48. The molecule has 2 saturated heterocycles. The largest absolute Gasteiger partial charge is 0.444 e. The van der Waals surface area contributed by atoms with Gasteiger partial charge >= 0.3 is 12.2 Å². The van der Waals surface area contributed by atoms with Crippen molar-refractivity contribution in [3.63, 3.8) is 0 Å². The van der Waals surface area contributed by atoms with Gasteiger partial charge in [0.05, 0.1) is 21.9 Å². The van der Waals surface area contributed by atoms with Crippen LogP contribution in [0.5, 0.6) is 0 Å². The summed E-state index contributed by atoms with van der Waals surface area (Å²) in [6.45, 7) is 20.1. The summed E-state index contributed by atoms with van der Waals surface area (Å²) < 4.78 is 64.5. The number of ether oxygens (including phenoxy) is 2. The molecule has 4 rings (SSSR count). The van der Waals surface area contributed by atoms with Crippen molar-refractivity contribution < 1.29 is 35.9 Å². The van der Waals surface area contributed by atoms with Gasteiger partial charge in [0.2, 0.25) is 0 Å².